The summed E-state index contributed by atoms with van der Waals surface area (Å²) in [5.74, 6) is 1.81. The number of ether oxygens (including phenoxy) is 3. The minimum Gasteiger partial charge on any atom is -0.467 e. The van der Waals surface area contributed by atoms with Gasteiger partial charge in [0.1, 0.15) is 11.4 Å². The SMILES string of the molecule is COc1nc(N2CCOC(C)C2)cc(-n2ncc3cc(C)c(C4CCN(C(=O)OC(C)(C)C)CC4)cc32)n1. The first-order valence-corrected chi connectivity index (χ1v) is 13.4. The largest absolute Gasteiger partial charge is 0.467 e. The number of hydrogen-bond acceptors (Lipinski definition) is 8. The number of nitrogens with zero attached hydrogens (tertiary/aromatic N) is 6. The van der Waals surface area contributed by atoms with Gasteiger partial charge >= 0.3 is 12.1 Å². The Morgan fingerprint density at radius 3 is 2.50 bits per heavy atom. The first-order valence-electron chi connectivity index (χ1n) is 13.4. The fourth-order valence-electron chi connectivity index (χ4n) is 5.32. The van der Waals surface area contributed by atoms with Crippen LogP contribution in [0.3, 0.4) is 0 Å². The van der Waals surface area contributed by atoms with E-state index in [-0.39, 0.29) is 12.2 Å². The Kier molecular flexibility index (Phi) is 7.17. The minimum atomic E-state index is -0.489. The number of aryl methyl sites for hydroxylation is 1. The molecule has 2 aliphatic heterocycles. The van der Waals surface area contributed by atoms with Crippen LogP contribution in [-0.4, -0.2) is 82.3 Å². The summed E-state index contributed by atoms with van der Waals surface area (Å²) in [4.78, 5) is 25.8. The molecule has 1 unspecified atom stereocenters. The van der Waals surface area contributed by atoms with E-state index in [1.807, 2.05) is 42.6 Å². The molecule has 0 radical (unpaired) electrons. The number of morpholine rings is 1. The molecule has 0 spiro atoms. The number of piperidine rings is 1. The van der Waals surface area contributed by atoms with Crippen LogP contribution in [0.2, 0.25) is 0 Å². The van der Waals surface area contributed by atoms with Gasteiger partial charge in [-0.2, -0.15) is 15.1 Å². The molecule has 0 N–H and O–H groups in total. The van der Waals surface area contributed by atoms with Gasteiger partial charge in [0.2, 0.25) is 0 Å². The molecule has 2 saturated heterocycles. The number of rotatable bonds is 4. The third kappa shape index (κ3) is 5.55. The fourth-order valence-corrected chi connectivity index (χ4v) is 5.32. The molecular formula is C28H38N6O4. The smallest absolute Gasteiger partial charge is 0.410 e. The molecule has 204 valence electrons. The molecule has 1 amide bonds. The third-order valence-electron chi connectivity index (χ3n) is 7.19. The lowest BCUT2D eigenvalue weighted by molar-refractivity contribution is 0.0204. The van der Waals surface area contributed by atoms with Gasteiger partial charge in [-0.25, -0.2) is 9.48 Å². The molecule has 2 aromatic heterocycles. The second kappa shape index (κ2) is 10.4. The van der Waals surface area contributed by atoms with Crippen LogP contribution in [0.4, 0.5) is 10.6 Å². The molecule has 5 rings (SSSR count). The number of fused-ring (bicyclic) bond motifs is 1. The van der Waals surface area contributed by atoms with Crippen molar-refractivity contribution in [2.24, 2.45) is 0 Å². The van der Waals surface area contributed by atoms with Crippen molar-refractivity contribution >= 4 is 22.8 Å². The zero-order chi connectivity index (χ0) is 27.0. The highest BCUT2D eigenvalue weighted by Crippen LogP contribution is 2.34. The average Bonchev–Trinajstić information content (AvgIpc) is 3.29. The van der Waals surface area contributed by atoms with Crippen LogP contribution in [0.1, 0.15) is 57.6 Å². The lowest BCUT2D eigenvalue weighted by Crippen LogP contribution is -2.41. The van der Waals surface area contributed by atoms with Gasteiger partial charge < -0.3 is 24.0 Å². The molecule has 1 aromatic carbocycles. The Morgan fingerprint density at radius 1 is 1.08 bits per heavy atom. The number of amides is 1. The van der Waals surface area contributed by atoms with Crippen molar-refractivity contribution < 1.29 is 19.0 Å². The first-order chi connectivity index (χ1) is 18.1. The maximum Gasteiger partial charge on any atom is 0.410 e. The van der Waals surface area contributed by atoms with Crippen molar-refractivity contribution in [2.45, 2.75) is 65.1 Å². The summed E-state index contributed by atoms with van der Waals surface area (Å²) in [5.41, 5.74) is 3.02. The minimum absolute atomic E-state index is 0.131. The topological polar surface area (TPSA) is 94.8 Å². The zero-order valence-electron chi connectivity index (χ0n) is 23.2. The third-order valence-corrected chi connectivity index (χ3v) is 7.19. The fraction of sp³-hybridized carbons (Fsp3) is 0.571. The number of benzene rings is 1. The van der Waals surface area contributed by atoms with Gasteiger partial charge in [0.25, 0.3) is 0 Å². The summed E-state index contributed by atoms with van der Waals surface area (Å²) in [6.45, 7) is 13.4. The summed E-state index contributed by atoms with van der Waals surface area (Å²) >= 11 is 0. The lowest BCUT2D eigenvalue weighted by Gasteiger charge is -2.34. The normalized spacial score (nSPS) is 19.2. The highest BCUT2D eigenvalue weighted by atomic mass is 16.6. The van der Waals surface area contributed by atoms with Crippen LogP contribution >= 0.6 is 0 Å². The molecule has 1 atom stereocenters. The molecular weight excluding hydrogens is 484 g/mol. The van der Waals surface area contributed by atoms with Crippen molar-refractivity contribution in [3.05, 3.63) is 35.5 Å². The van der Waals surface area contributed by atoms with Gasteiger partial charge in [-0.15, -0.1) is 0 Å². The molecule has 10 nitrogen and oxygen atoms in total. The average molecular weight is 523 g/mol. The predicted octanol–water partition coefficient (Wildman–Crippen LogP) is 4.47. The molecule has 2 fully saturated rings. The molecule has 2 aliphatic rings. The lowest BCUT2D eigenvalue weighted by atomic mass is 9.86. The number of anilines is 1. The summed E-state index contributed by atoms with van der Waals surface area (Å²) in [5, 5.41) is 5.75. The van der Waals surface area contributed by atoms with Gasteiger partial charge in [0.15, 0.2) is 5.82 Å². The molecule has 38 heavy (non-hydrogen) atoms. The summed E-state index contributed by atoms with van der Waals surface area (Å²) in [6, 6.07) is 6.70. The summed E-state index contributed by atoms with van der Waals surface area (Å²) < 4.78 is 18.6. The van der Waals surface area contributed by atoms with E-state index in [2.05, 4.69) is 40.8 Å². The van der Waals surface area contributed by atoms with Gasteiger partial charge in [-0.1, -0.05) is 0 Å². The van der Waals surface area contributed by atoms with Crippen molar-refractivity contribution in [2.75, 3.05) is 44.8 Å². The summed E-state index contributed by atoms with van der Waals surface area (Å²) in [7, 11) is 1.58. The van der Waals surface area contributed by atoms with Crippen LogP contribution in [0.15, 0.2) is 24.4 Å². The van der Waals surface area contributed by atoms with Crippen molar-refractivity contribution in [3.8, 4) is 11.8 Å². The number of methoxy groups -OCH3 is 1. The van der Waals surface area contributed by atoms with E-state index >= 15 is 0 Å². The Labute approximate surface area is 223 Å². The Morgan fingerprint density at radius 2 is 1.82 bits per heavy atom. The Hall–Kier alpha value is -3.40. The Bertz CT molecular complexity index is 1310. The standard InChI is InChI=1S/C28H38N6O4/c1-18-13-21-16-29-34(25-15-24(30-26(31-25)36-6)33-11-12-37-19(2)17-33)23(21)14-22(18)20-7-9-32(10-8-20)27(35)38-28(3,4)5/h13-16,19-20H,7-12,17H2,1-6H3. The molecule has 0 bridgehead atoms. The van der Waals surface area contributed by atoms with E-state index in [0.717, 1.165) is 42.7 Å². The highest BCUT2D eigenvalue weighted by molar-refractivity contribution is 5.82. The number of carbonyl (C=O) groups excluding carboxylic acids is 1. The van der Waals surface area contributed by atoms with Gasteiger partial charge in [0.05, 0.1) is 31.5 Å². The van der Waals surface area contributed by atoms with Crippen molar-refractivity contribution in [3.63, 3.8) is 0 Å². The van der Waals surface area contributed by atoms with Crippen LogP contribution in [0, 0.1) is 6.92 Å². The van der Waals surface area contributed by atoms with E-state index < -0.39 is 5.60 Å². The molecule has 0 saturated carbocycles. The molecule has 0 aliphatic carbocycles. The number of likely N-dealkylation sites (tertiary alicyclic amines) is 1. The molecule has 3 aromatic rings. The van der Waals surface area contributed by atoms with Crippen molar-refractivity contribution in [1.29, 1.82) is 0 Å². The number of carbonyl (C=O) groups is 1. The van der Waals surface area contributed by atoms with Gasteiger partial charge in [-0.3, -0.25) is 0 Å². The van der Waals surface area contributed by atoms with Crippen LogP contribution in [-0.2, 0) is 9.47 Å². The van der Waals surface area contributed by atoms with Crippen LogP contribution in [0.25, 0.3) is 16.7 Å². The molecule has 4 heterocycles. The van der Waals surface area contributed by atoms with Gasteiger partial charge in [-0.05, 0) is 76.6 Å². The van der Waals surface area contributed by atoms with Crippen molar-refractivity contribution in [1.82, 2.24) is 24.6 Å². The van der Waals surface area contributed by atoms with Crippen LogP contribution < -0.4 is 9.64 Å². The quantitative estimate of drug-likeness (QED) is 0.495. The Balaban J connectivity index is 1.42. The van der Waals surface area contributed by atoms with E-state index in [4.69, 9.17) is 19.3 Å². The monoisotopic (exact) mass is 522 g/mol. The maximum atomic E-state index is 12.5. The number of hydrogen-bond donors (Lipinski definition) is 0. The van der Waals surface area contributed by atoms with E-state index in [1.54, 1.807) is 7.11 Å². The van der Waals surface area contributed by atoms with Crippen LogP contribution in [0.5, 0.6) is 6.01 Å². The van der Waals surface area contributed by atoms with E-state index in [0.29, 0.717) is 37.4 Å². The van der Waals surface area contributed by atoms with Gasteiger partial charge in [0, 0.05) is 37.6 Å². The summed E-state index contributed by atoms with van der Waals surface area (Å²) in [6.07, 6.45) is 3.55. The highest BCUT2D eigenvalue weighted by Gasteiger charge is 2.29. The maximum absolute atomic E-state index is 12.5. The zero-order valence-corrected chi connectivity index (χ0v) is 23.2. The van der Waals surface area contributed by atoms with E-state index in [1.165, 1.54) is 11.1 Å². The number of aromatic nitrogens is 4. The predicted molar refractivity (Wildman–Crippen MR) is 145 cm³/mol. The first kappa shape index (κ1) is 26.2. The molecule has 10 heteroatoms. The second-order valence-corrected chi connectivity index (χ2v) is 11.3. The second-order valence-electron chi connectivity index (χ2n) is 11.3. The van der Waals surface area contributed by atoms with E-state index in [9.17, 15) is 4.79 Å².